The van der Waals surface area contributed by atoms with Crippen molar-refractivity contribution in [2.45, 2.75) is 18.0 Å². The molecule has 0 saturated heterocycles. The zero-order valence-electron chi connectivity index (χ0n) is 15.6. The number of imidazole rings is 1. The van der Waals surface area contributed by atoms with E-state index in [1.807, 2.05) is 78.9 Å². The third-order valence-electron chi connectivity index (χ3n) is 4.70. The second-order valence-electron chi connectivity index (χ2n) is 6.76. The van der Waals surface area contributed by atoms with Crippen molar-refractivity contribution in [1.82, 2.24) is 9.55 Å². The summed E-state index contributed by atoms with van der Waals surface area (Å²) in [6, 6.07) is 28.7. The third kappa shape index (κ3) is 4.29. The van der Waals surface area contributed by atoms with Gasteiger partial charge in [0.25, 0.3) is 5.16 Å². The van der Waals surface area contributed by atoms with Gasteiger partial charge in [0.15, 0.2) is 0 Å². The number of hydrogen-bond acceptors (Lipinski definition) is 3. The van der Waals surface area contributed by atoms with E-state index in [4.69, 9.17) is 0 Å². The smallest absolute Gasteiger partial charge is 0.285 e. The fourth-order valence-electron chi connectivity index (χ4n) is 3.39. The Hall–Kier alpha value is -3.22. The van der Waals surface area contributed by atoms with Crippen LogP contribution in [0.25, 0.3) is 5.69 Å². The van der Waals surface area contributed by atoms with Crippen molar-refractivity contribution >= 4 is 10.1 Å². The monoisotopic (exact) mass is 404 g/mol. The molecule has 0 unspecified atom stereocenters. The van der Waals surface area contributed by atoms with Gasteiger partial charge in [0.2, 0.25) is 0 Å². The van der Waals surface area contributed by atoms with Crippen LogP contribution in [-0.2, 0) is 23.0 Å². The van der Waals surface area contributed by atoms with Crippen LogP contribution in [0, 0.1) is 0 Å². The van der Waals surface area contributed by atoms with Gasteiger partial charge in [0.1, 0.15) is 0 Å². The molecule has 0 radical (unpaired) electrons. The lowest BCUT2D eigenvalue weighted by atomic mass is 10.0. The minimum atomic E-state index is -4.52. The van der Waals surface area contributed by atoms with Gasteiger partial charge in [0.05, 0.1) is 11.4 Å². The van der Waals surface area contributed by atoms with Gasteiger partial charge in [-0.3, -0.25) is 9.12 Å². The Bertz CT molecular complexity index is 1200. The predicted octanol–water partition coefficient (Wildman–Crippen LogP) is 4.30. The maximum Gasteiger partial charge on any atom is 0.329 e. The normalized spacial score (nSPS) is 11.5. The van der Waals surface area contributed by atoms with Crippen LogP contribution in [0.4, 0.5) is 0 Å². The molecule has 0 aliphatic carbocycles. The number of para-hydroxylation sites is 1. The molecule has 1 N–H and O–H groups in total. The zero-order chi connectivity index (χ0) is 20.3. The molecule has 146 valence electrons. The van der Waals surface area contributed by atoms with E-state index in [9.17, 15) is 13.0 Å². The Balaban J connectivity index is 1.93. The first-order valence-corrected chi connectivity index (χ1v) is 10.7. The molecule has 1 aromatic heterocycles. The molecule has 0 amide bonds. The average molecular weight is 404 g/mol. The molecular formula is C23H20N2O3S. The Labute approximate surface area is 170 Å². The van der Waals surface area contributed by atoms with Crippen LogP contribution in [0.1, 0.15) is 22.5 Å². The highest BCUT2D eigenvalue weighted by Crippen LogP contribution is 2.26. The topological polar surface area (TPSA) is 72.2 Å². The summed E-state index contributed by atoms with van der Waals surface area (Å²) in [5.41, 5.74) is 4.04. The van der Waals surface area contributed by atoms with E-state index >= 15 is 0 Å². The van der Waals surface area contributed by atoms with Crippen LogP contribution >= 0.6 is 0 Å². The van der Waals surface area contributed by atoms with E-state index in [1.165, 1.54) is 0 Å². The van der Waals surface area contributed by atoms with Crippen LogP contribution in [0.3, 0.4) is 0 Å². The first-order valence-electron chi connectivity index (χ1n) is 9.23. The highest BCUT2D eigenvalue weighted by molar-refractivity contribution is 7.85. The SMILES string of the molecule is O=S(=O)(O)c1nc(Cc2ccccc2)c(Cc2ccccc2)n1-c1ccccc1. The summed E-state index contributed by atoms with van der Waals surface area (Å²) in [5, 5.41) is -0.361. The van der Waals surface area contributed by atoms with Crippen LogP contribution < -0.4 is 0 Å². The standard InChI is InChI=1S/C23H20N2O3S/c26-29(27,28)23-24-21(16-18-10-4-1-5-11-18)22(17-19-12-6-2-7-13-19)25(23)20-14-8-3-9-15-20/h1-15H,16-17H2,(H,26,27,28). The molecule has 0 fully saturated rings. The minimum Gasteiger partial charge on any atom is -0.285 e. The number of hydrogen-bond donors (Lipinski definition) is 1. The number of nitrogens with zero attached hydrogens (tertiary/aromatic N) is 2. The van der Waals surface area contributed by atoms with Gasteiger partial charge < -0.3 is 0 Å². The van der Waals surface area contributed by atoms with Crippen molar-refractivity contribution in [3.63, 3.8) is 0 Å². The van der Waals surface area contributed by atoms with Gasteiger partial charge in [-0.15, -0.1) is 0 Å². The Morgan fingerprint density at radius 1 is 0.724 bits per heavy atom. The van der Waals surface area contributed by atoms with Crippen LogP contribution in [0.2, 0.25) is 0 Å². The molecule has 0 saturated carbocycles. The fraction of sp³-hybridized carbons (Fsp3) is 0.0870. The van der Waals surface area contributed by atoms with Gasteiger partial charge >= 0.3 is 10.1 Å². The van der Waals surface area contributed by atoms with Crippen molar-refractivity contribution in [1.29, 1.82) is 0 Å². The van der Waals surface area contributed by atoms with Crippen molar-refractivity contribution in [2.75, 3.05) is 0 Å². The maximum absolute atomic E-state index is 12.2. The number of benzene rings is 3. The lowest BCUT2D eigenvalue weighted by Gasteiger charge is -2.12. The van der Waals surface area contributed by atoms with Gasteiger partial charge in [-0.05, 0) is 23.3 Å². The fourth-order valence-corrected chi connectivity index (χ4v) is 4.06. The second-order valence-corrected chi connectivity index (χ2v) is 8.07. The van der Waals surface area contributed by atoms with Crippen LogP contribution in [-0.4, -0.2) is 22.5 Å². The maximum atomic E-state index is 12.2. The first kappa shape index (κ1) is 19.1. The van der Waals surface area contributed by atoms with E-state index in [2.05, 4.69) is 4.98 Å². The molecule has 4 rings (SSSR count). The van der Waals surface area contributed by atoms with Crippen LogP contribution in [0.15, 0.2) is 96.2 Å². The summed E-state index contributed by atoms with van der Waals surface area (Å²) in [6.07, 6.45) is 0.950. The van der Waals surface area contributed by atoms with Crippen molar-refractivity contribution in [3.8, 4) is 5.69 Å². The molecule has 0 atom stereocenters. The van der Waals surface area contributed by atoms with Crippen molar-refractivity contribution in [2.24, 2.45) is 0 Å². The molecule has 6 heteroatoms. The number of aromatic nitrogens is 2. The molecule has 3 aromatic carbocycles. The van der Waals surface area contributed by atoms with Gasteiger partial charge in [-0.2, -0.15) is 8.42 Å². The third-order valence-corrected chi connectivity index (χ3v) is 5.43. The Kier molecular flexibility index (Phi) is 5.29. The predicted molar refractivity (Wildman–Crippen MR) is 112 cm³/mol. The van der Waals surface area contributed by atoms with Crippen LogP contribution in [0.5, 0.6) is 0 Å². The molecule has 4 aromatic rings. The summed E-state index contributed by atoms with van der Waals surface area (Å²) in [4.78, 5) is 4.37. The lowest BCUT2D eigenvalue weighted by Crippen LogP contribution is -2.11. The second kappa shape index (κ2) is 8.03. The molecule has 1 heterocycles. The van der Waals surface area contributed by atoms with E-state index in [0.29, 0.717) is 24.2 Å². The molecule has 29 heavy (non-hydrogen) atoms. The summed E-state index contributed by atoms with van der Waals surface area (Å²) < 4.78 is 35.8. The van der Waals surface area contributed by atoms with Gasteiger partial charge in [-0.25, -0.2) is 4.98 Å². The summed E-state index contributed by atoms with van der Waals surface area (Å²) >= 11 is 0. The van der Waals surface area contributed by atoms with Gasteiger partial charge in [0, 0.05) is 18.5 Å². The summed E-state index contributed by atoms with van der Waals surface area (Å²) in [5.74, 6) is 0. The molecule has 0 bridgehead atoms. The molecule has 0 spiro atoms. The highest BCUT2D eigenvalue weighted by Gasteiger charge is 2.26. The van der Waals surface area contributed by atoms with Crippen molar-refractivity contribution in [3.05, 3.63) is 114 Å². The highest BCUT2D eigenvalue weighted by atomic mass is 32.2. The van der Waals surface area contributed by atoms with Gasteiger partial charge in [-0.1, -0.05) is 78.9 Å². The van der Waals surface area contributed by atoms with E-state index in [-0.39, 0.29) is 5.16 Å². The Morgan fingerprint density at radius 2 is 1.21 bits per heavy atom. The quantitative estimate of drug-likeness (QED) is 0.486. The van der Waals surface area contributed by atoms with E-state index in [1.54, 1.807) is 16.7 Å². The summed E-state index contributed by atoms with van der Waals surface area (Å²) in [7, 11) is -4.52. The van der Waals surface area contributed by atoms with E-state index in [0.717, 1.165) is 16.8 Å². The lowest BCUT2D eigenvalue weighted by molar-refractivity contribution is 0.471. The minimum absolute atomic E-state index is 0.361. The zero-order valence-corrected chi connectivity index (χ0v) is 16.5. The molecule has 5 nitrogen and oxygen atoms in total. The molecular weight excluding hydrogens is 384 g/mol. The summed E-state index contributed by atoms with van der Waals surface area (Å²) in [6.45, 7) is 0. The molecule has 0 aliphatic heterocycles. The number of rotatable bonds is 6. The Morgan fingerprint density at radius 3 is 1.72 bits per heavy atom. The molecule has 0 aliphatic rings. The van der Waals surface area contributed by atoms with E-state index < -0.39 is 10.1 Å². The largest absolute Gasteiger partial charge is 0.329 e. The average Bonchev–Trinajstić information content (AvgIpc) is 3.08. The first-order chi connectivity index (χ1) is 14.0. The van der Waals surface area contributed by atoms with Crippen molar-refractivity contribution < 1.29 is 13.0 Å².